The van der Waals surface area contributed by atoms with Gasteiger partial charge in [-0.2, -0.15) is 0 Å². The van der Waals surface area contributed by atoms with Crippen LogP contribution < -0.4 is 10.7 Å². The van der Waals surface area contributed by atoms with Crippen LogP contribution >= 0.6 is 0 Å². The molecular formula is C16H17FN2O3. The van der Waals surface area contributed by atoms with E-state index in [-0.39, 0.29) is 34.9 Å². The predicted molar refractivity (Wildman–Crippen MR) is 80.1 cm³/mol. The standard InChI is InChI=1S/C16H17FN2O3/c17-13-5-1-4-12-14(20)6-7-19(16(12)13)10-15(21)18-9-11-3-2-8-22-11/h1,4-7,11H,2-3,8-10H2,(H,18,21). The Morgan fingerprint density at radius 1 is 1.41 bits per heavy atom. The van der Waals surface area contributed by atoms with Crippen LogP contribution in [0.25, 0.3) is 10.9 Å². The SMILES string of the molecule is O=C(Cn1ccc(=O)c2cccc(F)c21)NCC1CCCO1. The van der Waals surface area contributed by atoms with Gasteiger partial charge < -0.3 is 14.6 Å². The normalized spacial score (nSPS) is 17.8. The molecule has 1 amide bonds. The summed E-state index contributed by atoms with van der Waals surface area (Å²) in [6, 6.07) is 5.67. The summed E-state index contributed by atoms with van der Waals surface area (Å²) in [6.07, 6.45) is 3.46. The number of halogens is 1. The van der Waals surface area contributed by atoms with Gasteiger partial charge in [0.15, 0.2) is 5.43 Å². The Labute approximate surface area is 126 Å². The van der Waals surface area contributed by atoms with Crippen molar-refractivity contribution in [2.75, 3.05) is 13.2 Å². The molecule has 22 heavy (non-hydrogen) atoms. The number of amides is 1. The van der Waals surface area contributed by atoms with Crippen molar-refractivity contribution in [1.82, 2.24) is 9.88 Å². The number of carbonyl (C=O) groups excluding carboxylic acids is 1. The third-order valence-electron chi connectivity index (χ3n) is 3.81. The van der Waals surface area contributed by atoms with Crippen molar-refractivity contribution in [3.63, 3.8) is 0 Å². The van der Waals surface area contributed by atoms with E-state index in [0.29, 0.717) is 6.54 Å². The maximum Gasteiger partial charge on any atom is 0.240 e. The number of hydrogen-bond donors (Lipinski definition) is 1. The van der Waals surface area contributed by atoms with Crippen molar-refractivity contribution in [3.8, 4) is 0 Å². The third-order valence-corrected chi connectivity index (χ3v) is 3.81. The number of fused-ring (bicyclic) bond motifs is 1. The van der Waals surface area contributed by atoms with Gasteiger partial charge in [-0.25, -0.2) is 4.39 Å². The number of ether oxygens (including phenoxy) is 1. The van der Waals surface area contributed by atoms with E-state index in [1.54, 1.807) is 6.07 Å². The van der Waals surface area contributed by atoms with E-state index in [2.05, 4.69) is 5.32 Å². The average Bonchev–Trinajstić information content (AvgIpc) is 3.02. The Morgan fingerprint density at radius 2 is 2.27 bits per heavy atom. The minimum absolute atomic E-state index is 0.0373. The minimum Gasteiger partial charge on any atom is -0.376 e. The van der Waals surface area contributed by atoms with Gasteiger partial charge in [-0.05, 0) is 25.0 Å². The Morgan fingerprint density at radius 3 is 3.05 bits per heavy atom. The van der Waals surface area contributed by atoms with Gasteiger partial charge in [-0.3, -0.25) is 9.59 Å². The van der Waals surface area contributed by atoms with Crippen LogP contribution in [0.2, 0.25) is 0 Å². The molecule has 0 radical (unpaired) electrons. The van der Waals surface area contributed by atoms with Crippen LogP contribution in [0.3, 0.4) is 0 Å². The zero-order valence-electron chi connectivity index (χ0n) is 12.0. The number of benzene rings is 1. The molecule has 1 aliphatic rings. The van der Waals surface area contributed by atoms with Crippen LogP contribution in [0.5, 0.6) is 0 Å². The zero-order chi connectivity index (χ0) is 15.5. The second-order valence-corrected chi connectivity index (χ2v) is 5.38. The van der Waals surface area contributed by atoms with Crippen LogP contribution in [0.15, 0.2) is 35.3 Å². The van der Waals surface area contributed by atoms with Gasteiger partial charge >= 0.3 is 0 Å². The Bertz CT molecular complexity index is 751. The molecule has 1 saturated heterocycles. The largest absolute Gasteiger partial charge is 0.376 e. The summed E-state index contributed by atoms with van der Waals surface area (Å²) in [5.74, 6) is -0.745. The Kier molecular flexibility index (Phi) is 4.20. The van der Waals surface area contributed by atoms with Gasteiger partial charge in [0.1, 0.15) is 12.4 Å². The van der Waals surface area contributed by atoms with Crippen LogP contribution in [0, 0.1) is 5.82 Å². The summed E-state index contributed by atoms with van der Waals surface area (Å²) in [7, 11) is 0. The summed E-state index contributed by atoms with van der Waals surface area (Å²) >= 11 is 0. The first-order valence-electron chi connectivity index (χ1n) is 7.31. The lowest BCUT2D eigenvalue weighted by Gasteiger charge is -2.13. The van der Waals surface area contributed by atoms with Gasteiger partial charge in [0.25, 0.3) is 0 Å². The molecule has 0 spiro atoms. The molecule has 0 bridgehead atoms. The fourth-order valence-electron chi connectivity index (χ4n) is 2.70. The molecule has 6 heteroatoms. The van der Waals surface area contributed by atoms with Crippen molar-refractivity contribution in [1.29, 1.82) is 0 Å². The van der Waals surface area contributed by atoms with Gasteiger partial charge in [0, 0.05) is 30.8 Å². The molecule has 2 heterocycles. The quantitative estimate of drug-likeness (QED) is 0.929. The molecule has 1 atom stereocenters. The number of aromatic nitrogens is 1. The molecule has 5 nitrogen and oxygen atoms in total. The van der Waals surface area contributed by atoms with E-state index in [9.17, 15) is 14.0 Å². The Balaban J connectivity index is 1.77. The topological polar surface area (TPSA) is 60.3 Å². The fraction of sp³-hybridized carbons (Fsp3) is 0.375. The predicted octanol–water partition coefficient (Wildman–Crippen LogP) is 1.44. The first-order valence-corrected chi connectivity index (χ1v) is 7.31. The molecule has 2 aromatic rings. The highest BCUT2D eigenvalue weighted by Crippen LogP contribution is 2.14. The second kappa shape index (κ2) is 6.27. The number of para-hydroxylation sites is 1. The average molecular weight is 304 g/mol. The summed E-state index contributed by atoms with van der Waals surface area (Å²) in [4.78, 5) is 23.8. The van der Waals surface area contributed by atoms with Crippen LogP contribution in [-0.2, 0) is 16.1 Å². The molecule has 1 aromatic carbocycles. The number of pyridine rings is 1. The number of carbonyl (C=O) groups is 1. The summed E-state index contributed by atoms with van der Waals surface area (Å²) in [5, 5.41) is 3.06. The fourth-order valence-corrected chi connectivity index (χ4v) is 2.70. The van der Waals surface area contributed by atoms with Gasteiger partial charge in [-0.15, -0.1) is 0 Å². The number of nitrogens with one attached hydrogen (secondary N) is 1. The van der Waals surface area contributed by atoms with Gasteiger partial charge in [0.05, 0.1) is 11.6 Å². The van der Waals surface area contributed by atoms with E-state index in [1.165, 1.54) is 29.0 Å². The zero-order valence-corrected chi connectivity index (χ0v) is 12.0. The molecule has 0 saturated carbocycles. The highest BCUT2D eigenvalue weighted by Gasteiger charge is 2.16. The van der Waals surface area contributed by atoms with E-state index in [0.717, 1.165) is 19.4 Å². The molecule has 1 aliphatic heterocycles. The lowest BCUT2D eigenvalue weighted by Crippen LogP contribution is -2.34. The molecule has 1 unspecified atom stereocenters. The van der Waals surface area contributed by atoms with Gasteiger partial charge in [0.2, 0.25) is 5.91 Å². The second-order valence-electron chi connectivity index (χ2n) is 5.38. The van der Waals surface area contributed by atoms with E-state index < -0.39 is 5.82 Å². The van der Waals surface area contributed by atoms with Crippen molar-refractivity contribution in [3.05, 3.63) is 46.5 Å². The summed E-state index contributed by atoms with van der Waals surface area (Å²) < 4.78 is 20.9. The van der Waals surface area contributed by atoms with Crippen molar-refractivity contribution in [2.45, 2.75) is 25.5 Å². The minimum atomic E-state index is -0.512. The first-order chi connectivity index (χ1) is 10.6. The van der Waals surface area contributed by atoms with Crippen LogP contribution in [0.1, 0.15) is 12.8 Å². The maximum absolute atomic E-state index is 14.0. The first kappa shape index (κ1) is 14.7. The highest BCUT2D eigenvalue weighted by atomic mass is 19.1. The summed E-state index contributed by atoms with van der Waals surface area (Å²) in [5.41, 5.74) is -0.104. The lowest BCUT2D eigenvalue weighted by molar-refractivity contribution is -0.122. The van der Waals surface area contributed by atoms with Crippen LogP contribution in [-0.4, -0.2) is 29.7 Å². The van der Waals surface area contributed by atoms with E-state index >= 15 is 0 Å². The Hall–Kier alpha value is -2.21. The number of rotatable bonds is 4. The molecule has 116 valence electrons. The molecule has 1 fully saturated rings. The van der Waals surface area contributed by atoms with Crippen molar-refractivity contribution >= 4 is 16.8 Å². The van der Waals surface area contributed by atoms with Crippen LogP contribution in [0.4, 0.5) is 4.39 Å². The number of nitrogens with zero attached hydrogens (tertiary/aromatic N) is 1. The smallest absolute Gasteiger partial charge is 0.240 e. The maximum atomic E-state index is 14.0. The number of hydrogen-bond acceptors (Lipinski definition) is 3. The molecule has 0 aliphatic carbocycles. The third kappa shape index (κ3) is 3.01. The van der Waals surface area contributed by atoms with E-state index in [1.807, 2.05) is 0 Å². The van der Waals surface area contributed by atoms with Gasteiger partial charge in [-0.1, -0.05) is 6.07 Å². The van der Waals surface area contributed by atoms with E-state index in [4.69, 9.17) is 4.74 Å². The monoisotopic (exact) mass is 304 g/mol. The van der Waals surface area contributed by atoms with Crippen molar-refractivity contribution < 1.29 is 13.9 Å². The highest BCUT2D eigenvalue weighted by molar-refractivity contribution is 5.82. The lowest BCUT2D eigenvalue weighted by atomic mass is 10.2. The molecule has 1 N–H and O–H groups in total. The molecule has 3 rings (SSSR count). The molecule has 1 aromatic heterocycles. The summed E-state index contributed by atoms with van der Waals surface area (Å²) in [6.45, 7) is 1.15. The molecular weight excluding hydrogens is 287 g/mol. The van der Waals surface area contributed by atoms with Crippen molar-refractivity contribution in [2.24, 2.45) is 0 Å².